The number of aliphatic hydroxyl groups is 1. The summed E-state index contributed by atoms with van der Waals surface area (Å²) in [5.41, 5.74) is 6.83. The smallest absolute Gasteiger partial charge is 0.242 e. The maximum atomic E-state index is 11.4. The van der Waals surface area contributed by atoms with Crippen molar-refractivity contribution in [2.24, 2.45) is 5.73 Å². The lowest BCUT2D eigenvalue weighted by Gasteiger charge is -2.35. The van der Waals surface area contributed by atoms with Gasteiger partial charge >= 0.3 is 0 Å². The third kappa shape index (κ3) is 3.02. The Balaban J connectivity index is 2.18. The SMILES string of the molecule is CC[C@H](O)c1ccc(N2CCOCC2C(N)=O)cn1. The molecule has 0 saturated carbocycles. The molecule has 1 amide bonds. The summed E-state index contributed by atoms with van der Waals surface area (Å²) in [6.07, 6.45) is 1.73. The molecule has 1 fully saturated rings. The number of nitrogens with zero attached hydrogens (tertiary/aromatic N) is 2. The minimum Gasteiger partial charge on any atom is -0.387 e. The van der Waals surface area contributed by atoms with Gasteiger partial charge in [0.2, 0.25) is 5.91 Å². The number of rotatable bonds is 4. The zero-order chi connectivity index (χ0) is 13.8. The molecular formula is C13H19N3O3. The highest BCUT2D eigenvalue weighted by atomic mass is 16.5. The van der Waals surface area contributed by atoms with Gasteiger partial charge in [-0.3, -0.25) is 9.78 Å². The predicted molar refractivity (Wildman–Crippen MR) is 70.6 cm³/mol. The molecule has 6 nitrogen and oxygen atoms in total. The molecule has 1 aliphatic heterocycles. The molecule has 0 aromatic carbocycles. The average molecular weight is 265 g/mol. The van der Waals surface area contributed by atoms with E-state index < -0.39 is 18.1 Å². The number of pyridine rings is 1. The number of amides is 1. The summed E-state index contributed by atoms with van der Waals surface area (Å²) >= 11 is 0. The van der Waals surface area contributed by atoms with E-state index in [1.54, 1.807) is 12.3 Å². The van der Waals surface area contributed by atoms with Crippen molar-refractivity contribution < 1.29 is 14.6 Å². The van der Waals surface area contributed by atoms with Gasteiger partial charge in [-0.2, -0.15) is 0 Å². The van der Waals surface area contributed by atoms with E-state index in [4.69, 9.17) is 10.5 Å². The molecule has 2 rings (SSSR count). The van der Waals surface area contributed by atoms with E-state index in [0.29, 0.717) is 31.9 Å². The molecule has 2 atom stereocenters. The number of aliphatic hydroxyl groups excluding tert-OH is 1. The fourth-order valence-electron chi connectivity index (χ4n) is 2.12. The largest absolute Gasteiger partial charge is 0.387 e. The number of ether oxygens (including phenoxy) is 1. The minimum atomic E-state index is -0.550. The Kier molecular flexibility index (Phi) is 4.34. The molecule has 6 heteroatoms. The maximum Gasteiger partial charge on any atom is 0.242 e. The fraction of sp³-hybridized carbons (Fsp3) is 0.538. The first-order chi connectivity index (χ1) is 9.13. The molecule has 104 valence electrons. The number of morpholine rings is 1. The predicted octanol–water partition coefficient (Wildman–Crippen LogP) is 0.215. The van der Waals surface area contributed by atoms with Gasteiger partial charge in [0.25, 0.3) is 0 Å². The van der Waals surface area contributed by atoms with Crippen LogP contribution in [0.15, 0.2) is 18.3 Å². The summed E-state index contributed by atoms with van der Waals surface area (Å²) in [6, 6.07) is 3.16. The quantitative estimate of drug-likeness (QED) is 0.812. The van der Waals surface area contributed by atoms with Gasteiger partial charge in [-0.25, -0.2) is 0 Å². The van der Waals surface area contributed by atoms with Gasteiger partial charge in [0.1, 0.15) is 6.04 Å². The lowest BCUT2D eigenvalue weighted by Crippen LogP contribution is -2.52. The van der Waals surface area contributed by atoms with Crippen molar-refractivity contribution in [2.75, 3.05) is 24.7 Å². The van der Waals surface area contributed by atoms with Crippen LogP contribution in [0, 0.1) is 0 Å². The highest BCUT2D eigenvalue weighted by Gasteiger charge is 2.28. The Hall–Kier alpha value is -1.66. The van der Waals surface area contributed by atoms with E-state index in [0.717, 1.165) is 5.69 Å². The van der Waals surface area contributed by atoms with Crippen LogP contribution < -0.4 is 10.6 Å². The summed E-state index contributed by atoms with van der Waals surface area (Å²) < 4.78 is 5.27. The van der Waals surface area contributed by atoms with Crippen LogP contribution in [-0.2, 0) is 9.53 Å². The van der Waals surface area contributed by atoms with Crippen molar-refractivity contribution in [2.45, 2.75) is 25.5 Å². The minimum absolute atomic E-state index is 0.300. The summed E-state index contributed by atoms with van der Waals surface area (Å²) in [5, 5.41) is 9.70. The molecular weight excluding hydrogens is 246 g/mol. The highest BCUT2D eigenvalue weighted by molar-refractivity contribution is 5.84. The maximum absolute atomic E-state index is 11.4. The van der Waals surface area contributed by atoms with Crippen LogP contribution in [0.5, 0.6) is 0 Å². The third-order valence-corrected chi connectivity index (χ3v) is 3.29. The fourth-order valence-corrected chi connectivity index (χ4v) is 2.12. The first-order valence-electron chi connectivity index (χ1n) is 6.41. The van der Waals surface area contributed by atoms with Crippen molar-refractivity contribution in [1.29, 1.82) is 0 Å². The number of primary amides is 1. The average Bonchev–Trinajstić information content (AvgIpc) is 2.46. The molecule has 1 saturated heterocycles. The molecule has 1 aromatic rings. The number of hydrogen-bond donors (Lipinski definition) is 2. The zero-order valence-electron chi connectivity index (χ0n) is 11.0. The monoisotopic (exact) mass is 265 g/mol. The molecule has 19 heavy (non-hydrogen) atoms. The van der Waals surface area contributed by atoms with Crippen LogP contribution >= 0.6 is 0 Å². The molecule has 0 spiro atoms. The topological polar surface area (TPSA) is 88.7 Å². The van der Waals surface area contributed by atoms with Crippen LogP contribution in [0.4, 0.5) is 5.69 Å². The Labute approximate surface area is 112 Å². The van der Waals surface area contributed by atoms with Gasteiger partial charge in [-0.05, 0) is 18.6 Å². The Morgan fingerprint density at radius 2 is 2.47 bits per heavy atom. The molecule has 0 radical (unpaired) electrons. The Morgan fingerprint density at radius 3 is 3.05 bits per heavy atom. The van der Waals surface area contributed by atoms with E-state index in [2.05, 4.69) is 4.98 Å². The van der Waals surface area contributed by atoms with Gasteiger partial charge in [-0.15, -0.1) is 0 Å². The summed E-state index contributed by atoms with van der Waals surface area (Å²) in [5.74, 6) is -0.405. The van der Waals surface area contributed by atoms with E-state index in [-0.39, 0.29) is 0 Å². The van der Waals surface area contributed by atoms with E-state index in [1.807, 2.05) is 17.9 Å². The summed E-state index contributed by atoms with van der Waals surface area (Å²) in [7, 11) is 0. The number of anilines is 1. The second-order valence-corrected chi connectivity index (χ2v) is 4.55. The van der Waals surface area contributed by atoms with Crippen LogP contribution in [0.2, 0.25) is 0 Å². The molecule has 2 heterocycles. The molecule has 0 aliphatic carbocycles. The lowest BCUT2D eigenvalue weighted by molar-refractivity contribution is -0.121. The van der Waals surface area contributed by atoms with Crippen LogP contribution in [-0.4, -0.2) is 41.8 Å². The second kappa shape index (κ2) is 5.99. The van der Waals surface area contributed by atoms with Gasteiger partial charge in [0, 0.05) is 6.54 Å². The Morgan fingerprint density at radius 1 is 1.68 bits per heavy atom. The molecule has 1 aromatic heterocycles. The number of nitrogens with two attached hydrogens (primary N) is 1. The van der Waals surface area contributed by atoms with E-state index in [9.17, 15) is 9.90 Å². The number of carbonyl (C=O) groups is 1. The third-order valence-electron chi connectivity index (χ3n) is 3.29. The van der Waals surface area contributed by atoms with Crippen LogP contribution in [0.25, 0.3) is 0 Å². The second-order valence-electron chi connectivity index (χ2n) is 4.55. The van der Waals surface area contributed by atoms with Crippen molar-refractivity contribution in [3.8, 4) is 0 Å². The molecule has 3 N–H and O–H groups in total. The van der Waals surface area contributed by atoms with Gasteiger partial charge in [-0.1, -0.05) is 6.92 Å². The molecule has 0 bridgehead atoms. The van der Waals surface area contributed by atoms with Crippen molar-refractivity contribution in [3.05, 3.63) is 24.0 Å². The van der Waals surface area contributed by atoms with Crippen molar-refractivity contribution in [3.63, 3.8) is 0 Å². The molecule has 1 aliphatic rings. The van der Waals surface area contributed by atoms with Crippen molar-refractivity contribution >= 4 is 11.6 Å². The molecule has 1 unspecified atom stereocenters. The Bertz CT molecular complexity index is 435. The standard InChI is InChI=1S/C13H19N3O3/c1-2-12(17)10-4-3-9(7-15-10)16-5-6-19-8-11(16)13(14)18/h3-4,7,11-12,17H,2,5-6,8H2,1H3,(H2,14,18)/t11?,12-/m0/s1. The first kappa shape index (κ1) is 13.8. The first-order valence-corrected chi connectivity index (χ1v) is 6.41. The van der Waals surface area contributed by atoms with Gasteiger partial charge in [0.15, 0.2) is 0 Å². The lowest BCUT2D eigenvalue weighted by atomic mass is 10.1. The van der Waals surface area contributed by atoms with E-state index in [1.165, 1.54) is 0 Å². The normalized spacial score (nSPS) is 21.2. The van der Waals surface area contributed by atoms with Crippen LogP contribution in [0.3, 0.4) is 0 Å². The van der Waals surface area contributed by atoms with Gasteiger partial charge < -0.3 is 20.5 Å². The summed E-state index contributed by atoms with van der Waals surface area (Å²) in [4.78, 5) is 17.5. The van der Waals surface area contributed by atoms with E-state index >= 15 is 0 Å². The summed E-state index contributed by atoms with van der Waals surface area (Å²) in [6.45, 7) is 3.36. The number of hydrogen-bond acceptors (Lipinski definition) is 5. The zero-order valence-corrected chi connectivity index (χ0v) is 11.0. The number of aromatic nitrogens is 1. The number of carbonyl (C=O) groups excluding carboxylic acids is 1. The van der Waals surface area contributed by atoms with Crippen molar-refractivity contribution in [1.82, 2.24) is 4.98 Å². The van der Waals surface area contributed by atoms with Gasteiger partial charge in [0.05, 0.1) is 36.9 Å². The highest BCUT2D eigenvalue weighted by Crippen LogP contribution is 2.21. The van der Waals surface area contributed by atoms with Crippen LogP contribution in [0.1, 0.15) is 25.1 Å².